The van der Waals surface area contributed by atoms with Gasteiger partial charge in [0, 0.05) is 23.7 Å². The summed E-state index contributed by atoms with van der Waals surface area (Å²) in [5.74, 6) is 1.76. The van der Waals surface area contributed by atoms with Crippen molar-refractivity contribution >= 4 is 16.5 Å². The Kier molecular flexibility index (Phi) is 5.73. The maximum atomic E-state index is 6.14. The van der Waals surface area contributed by atoms with Gasteiger partial charge in [-0.1, -0.05) is 68.7 Å². The molecule has 24 heavy (non-hydrogen) atoms. The lowest BCUT2D eigenvalue weighted by molar-refractivity contribution is 0.488. The predicted octanol–water partition coefficient (Wildman–Crippen LogP) is 6.62. The Bertz CT molecular complexity index is 776. The molecule has 2 nitrogen and oxygen atoms in total. The Labute approximate surface area is 144 Å². The molecule has 3 aromatic rings. The lowest BCUT2D eigenvalue weighted by Gasteiger charge is -2.11. The van der Waals surface area contributed by atoms with Crippen LogP contribution in [0.5, 0.6) is 11.5 Å². The van der Waals surface area contributed by atoms with Gasteiger partial charge in [-0.15, -0.1) is 0 Å². The highest BCUT2D eigenvalue weighted by Crippen LogP contribution is 2.30. The van der Waals surface area contributed by atoms with Gasteiger partial charge in [-0.3, -0.25) is 0 Å². The molecule has 0 aliphatic carbocycles. The van der Waals surface area contributed by atoms with Crippen molar-refractivity contribution in [2.45, 2.75) is 32.6 Å². The first-order chi connectivity index (χ1) is 11.9. The minimum atomic E-state index is 0.866. The third kappa shape index (κ3) is 4.29. The standard InChI is InChI=1S/C22H25NO/c1-2-3-4-7-16-23-19-12-9-13-20(17-19)24-22-15-8-11-18-10-5-6-14-21(18)22/h5-6,8-15,17,23H,2-4,7,16H2,1H3. The Morgan fingerprint density at radius 2 is 1.67 bits per heavy atom. The Morgan fingerprint density at radius 1 is 0.833 bits per heavy atom. The molecule has 0 amide bonds. The quantitative estimate of drug-likeness (QED) is 0.471. The van der Waals surface area contributed by atoms with Crippen molar-refractivity contribution in [1.29, 1.82) is 0 Å². The lowest BCUT2D eigenvalue weighted by Crippen LogP contribution is -2.01. The first-order valence-corrected chi connectivity index (χ1v) is 8.86. The van der Waals surface area contributed by atoms with Gasteiger partial charge in [0.2, 0.25) is 0 Å². The Morgan fingerprint density at radius 3 is 2.58 bits per heavy atom. The van der Waals surface area contributed by atoms with E-state index in [1.54, 1.807) is 0 Å². The monoisotopic (exact) mass is 319 g/mol. The summed E-state index contributed by atoms with van der Waals surface area (Å²) in [5, 5.41) is 5.82. The van der Waals surface area contributed by atoms with Gasteiger partial charge in [0.1, 0.15) is 11.5 Å². The second kappa shape index (κ2) is 8.39. The molecule has 3 aromatic carbocycles. The van der Waals surface area contributed by atoms with E-state index < -0.39 is 0 Å². The lowest BCUT2D eigenvalue weighted by atomic mass is 10.1. The van der Waals surface area contributed by atoms with Crippen LogP contribution in [-0.2, 0) is 0 Å². The summed E-state index contributed by atoms with van der Waals surface area (Å²) in [5.41, 5.74) is 1.12. The number of hydrogen-bond acceptors (Lipinski definition) is 2. The Hall–Kier alpha value is -2.48. The maximum Gasteiger partial charge on any atom is 0.135 e. The van der Waals surface area contributed by atoms with Gasteiger partial charge < -0.3 is 10.1 Å². The summed E-state index contributed by atoms with van der Waals surface area (Å²) in [6, 6.07) is 22.7. The van der Waals surface area contributed by atoms with E-state index in [1.165, 1.54) is 31.1 Å². The van der Waals surface area contributed by atoms with E-state index in [2.05, 4.69) is 48.6 Å². The van der Waals surface area contributed by atoms with Crippen molar-refractivity contribution in [3.05, 3.63) is 66.7 Å². The summed E-state index contributed by atoms with van der Waals surface area (Å²) in [4.78, 5) is 0. The van der Waals surface area contributed by atoms with Crippen molar-refractivity contribution in [2.75, 3.05) is 11.9 Å². The van der Waals surface area contributed by atoms with Crippen molar-refractivity contribution in [3.8, 4) is 11.5 Å². The van der Waals surface area contributed by atoms with Crippen LogP contribution < -0.4 is 10.1 Å². The summed E-state index contributed by atoms with van der Waals surface area (Å²) >= 11 is 0. The molecular weight excluding hydrogens is 294 g/mol. The molecule has 0 fully saturated rings. The fourth-order valence-corrected chi connectivity index (χ4v) is 2.87. The molecule has 3 rings (SSSR count). The molecule has 0 heterocycles. The van der Waals surface area contributed by atoms with Crippen molar-refractivity contribution in [1.82, 2.24) is 0 Å². The molecule has 2 heteroatoms. The SMILES string of the molecule is CCCCCCNc1cccc(Oc2cccc3ccccc23)c1. The second-order valence-electron chi connectivity index (χ2n) is 6.09. The van der Waals surface area contributed by atoms with E-state index in [9.17, 15) is 0 Å². The number of hydrogen-bond donors (Lipinski definition) is 1. The number of benzene rings is 3. The summed E-state index contributed by atoms with van der Waals surface area (Å²) in [6.45, 7) is 3.25. The second-order valence-corrected chi connectivity index (χ2v) is 6.09. The van der Waals surface area contributed by atoms with E-state index in [-0.39, 0.29) is 0 Å². The van der Waals surface area contributed by atoms with Crippen LogP contribution in [0.2, 0.25) is 0 Å². The fraction of sp³-hybridized carbons (Fsp3) is 0.273. The van der Waals surface area contributed by atoms with Crippen LogP contribution in [0.15, 0.2) is 66.7 Å². The number of nitrogens with one attached hydrogen (secondary N) is 1. The number of anilines is 1. The van der Waals surface area contributed by atoms with Crippen LogP contribution in [0.3, 0.4) is 0 Å². The van der Waals surface area contributed by atoms with Gasteiger partial charge >= 0.3 is 0 Å². The van der Waals surface area contributed by atoms with Gasteiger partial charge in [-0.25, -0.2) is 0 Å². The molecule has 1 N–H and O–H groups in total. The van der Waals surface area contributed by atoms with E-state index in [1.807, 2.05) is 30.3 Å². The van der Waals surface area contributed by atoms with E-state index in [0.717, 1.165) is 29.1 Å². The number of ether oxygens (including phenoxy) is 1. The van der Waals surface area contributed by atoms with Gasteiger partial charge in [0.15, 0.2) is 0 Å². The molecule has 0 aromatic heterocycles. The topological polar surface area (TPSA) is 21.3 Å². The first-order valence-electron chi connectivity index (χ1n) is 8.86. The van der Waals surface area contributed by atoms with Gasteiger partial charge in [-0.2, -0.15) is 0 Å². The summed E-state index contributed by atoms with van der Waals surface area (Å²) in [6.07, 6.45) is 5.08. The normalized spacial score (nSPS) is 10.7. The molecule has 0 atom stereocenters. The summed E-state index contributed by atoms with van der Waals surface area (Å²) < 4.78 is 6.14. The molecule has 0 saturated carbocycles. The van der Waals surface area contributed by atoms with E-state index in [0.29, 0.717) is 0 Å². The zero-order valence-corrected chi connectivity index (χ0v) is 14.3. The molecule has 0 unspecified atom stereocenters. The molecule has 124 valence electrons. The van der Waals surface area contributed by atoms with Gasteiger partial charge in [0.25, 0.3) is 0 Å². The molecule has 0 saturated heterocycles. The number of rotatable bonds is 8. The van der Waals surface area contributed by atoms with Crippen LogP contribution in [0, 0.1) is 0 Å². The van der Waals surface area contributed by atoms with E-state index in [4.69, 9.17) is 4.74 Å². The van der Waals surface area contributed by atoms with Crippen molar-refractivity contribution < 1.29 is 4.74 Å². The molecular formula is C22H25NO. The van der Waals surface area contributed by atoms with Gasteiger partial charge in [0.05, 0.1) is 0 Å². The molecule has 0 aliphatic rings. The average Bonchev–Trinajstić information content (AvgIpc) is 2.62. The third-order valence-corrected chi connectivity index (χ3v) is 4.17. The van der Waals surface area contributed by atoms with Crippen molar-refractivity contribution in [3.63, 3.8) is 0 Å². The minimum Gasteiger partial charge on any atom is -0.457 e. The van der Waals surface area contributed by atoms with Crippen molar-refractivity contribution in [2.24, 2.45) is 0 Å². The zero-order valence-electron chi connectivity index (χ0n) is 14.3. The largest absolute Gasteiger partial charge is 0.457 e. The zero-order chi connectivity index (χ0) is 16.6. The summed E-state index contributed by atoms with van der Waals surface area (Å²) in [7, 11) is 0. The Balaban J connectivity index is 1.68. The van der Waals surface area contributed by atoms with Crippen LogP contribution in [0.1, 0.15) is 32.6 Å². The maximum absolute atomic E-state index is 6.14. The predicted molar refractivity (Wildman–Crippen MR) is 103 cm³/mol. The highest BCUT2D eigenvalue weighted by molar-refractivity contribution is 5.88. The van der Waals surface area contributed by atoms with E-state index >= 15 is 0 Å². The molecule has 0 bridgehead atoms. The van der Waals surface area contributed by atoms with Gasteiger partial charge in [-0.05, 0) is 30.0 Å². The number of unbranched alkanes of at least 4 members (excludes halogenated alkanes) is 3. The minimum absolute atomic E-state index is 0.866. The fourth-order valence-electron chi connectivity index (χ4n) is 2.87. The average molecular weight is 319 g/mol. The number of fused-ring (bicyclic) bond motifs is 1. The molecule has 0 spiro atoms. The van der Waals surface area contributed by atoms with Crippen LogP contribution in [0.25, 0.3) is 10.8 Å². The smallest absolute Gasteiger partial charge is 0.135 e. The van der Waals surface area contributed by atoms with Crippen LogP contribution in [-0.4, -0.2) is 6.54 Å². The molecule has 0 radical (unpaired) electrons. The first kappa shape index (κ1) is 16.4. The highest BCUT2D eigenvalue weighted by Gasteiger charge is 2.03. The third-order valence-electron chi connectivity index (χ3n) is 4.17. The van der Waals surface area contributed by atoms with Crippen LogP contribution in [0.4, 0.5) is 5.69 Å². The van der Waals surface area contributed by atoms with Crippen LogP contribution >= 0.6 is 0 Å². The highest BCUT2D eigenvalue weighted by atomic mass is 16.5. The molecule has 0 aliphatic heterocycles.